The number of nitrogens with two attached hydrogens (primary N) is 1. The van der Waals surface area contributed by atoms with E-state index in [0.717, 1.165) is 0 Å². The molecule has 3 nitrogen and oxygen atoms in total. The third-order valence-electron chi connectivity index (χ3n) is 1.12. The Morgan fingerprint density at radius 3 is 2.00 bits per heavy atom. The van der Waals surface area contributed by atoms with Gasteiger partial charge in [-0.3, -0.25) is 4.79 Å². The predicted molar refractivity (Wildman–Crippen MR) is 60.4 cm³/mol. The number of carbonyl (C=O) groups is 1. The fourth-order valence-corrected chi connectivity index (χ4v) is 0.830. The van der Waals surface area contributed by atoms with E-state index >= 15 is 0 Å². The molecule has 0 bridgehead atoms. The van der Waals surface area contributed by atoms with Crippen LogP contribution in [0.25, 0.3) is 0 Å². The van der Waals surface area contributed by atoms with Crippen LogP contribution in [0.5, 0.6) is 0 Å². The summed E-state index contributed by atoms with van der Waals surface area (Å²) < 4.78 is 1.29. The van der Waals surface area contributed by atoms with Crippen molar-refractivity contribution in [3.8, 4) is 0 Å². The van der Waals surface area contributed by atoms with E-state index in [9.17, 15) is 4.79 Å². The van der Waals surface area contributed by atoms with Gasteiger partial charge in [-0.2, -0.15) is 0 Å². The van der Waals surface area contributed by atoms with Crippen LogP contribution < -0.4 is 5.73 Å². The van der Waals surface area contributed by atoms with Crippen LogP contribution in [0.1, 0.15) is 6.92 Å². The minimum atomic E-state index is -0.963. The highest BCUT2D eigenvalue weighted by Crippen LogP contribution is 1.99. The number of carboxylic acid groups (broad SMARTS) is 1. The summed E-state index contributed by atoms with van der Waals surface area (Å²) in [5, 5.41) is 7.87. The van der Waals surface area contributed by atoms with Crippen LogP contribution in [0.2, 0.25) is 0 Å². The molecule has 0 aromatic heterocycles. The van der Waals surface area contributed by atoms with Crippen LogP contribution >= 0.6 is 22.6 Å². The SMILES string of the molecule is CC(N)C(=O)O.Ic1ccccc1. The molecule has 13 heavy (non-hydrogen) atoms. The zero-order valence-corrected chi connectivity index (χ0v) is 9.43. The van der Waals surface area contributed by atoms with Crippen LogP contribution in [0, 0.1) is 3.57 Å². The average molecular weight is 293 g/mol. The Balaban J connectivity index is 0.000000226. The van der Waals surface area contributed by atoms with Crippen LogP contribution in [0.4, 0.5) is 0 Å². The second kappa shape index (κ2) is 6.85. The summed E-state index contributed by atoms with van der Waals surface area (Å²) in [6.07, 6.45) is 0. The Kier molecular flexibility index (Phi) is 6.52. The molecule has 72 valence electrons. The Morgan fingerprint density at radius 2 is 1.85 bits per heavy atom. The molecule has 0 heterocycles. The van der Waals surface area contributed by atoms with Crippen LogP contribution in [-0.4, -0.2) is 17.1 Å². The number of rotatable bonds is 1. The summed E-state index contributed by atoms with van der Waals surface area (Å²) in [5.74, 6) is -0.963. The molecule has 1 unspecified atom stereocenters. The molecule has 0 aliphatic rings. The molecular weight excluding hydrogens is 281 g/mol. The van der Waals surface area contributed by atoms with Gasteiger partial charge in [0.2, 0.25) is 0 Å². The van der Waals surface area contributed by atoms with Gasteiger partial charge in [0.15, 0.2) is 0 Å². The molecule has 1 rings (SSSR count). The molecule has 4 heteroatoms. The molecular formula is C9H12INO2. The number of hydrogen-bond acceptors (Lipinski definition) is 2. The van der Waals surface area contributed by atoms with Gasteiger partial charge >= 0.3 is 5.97 Å². The highest BCUT2D eigenvalue weighted by Gasteiger charge is 1.99. The van der Waals surface area contributed by atoms with Gasteiger partial charge in [-0.1, -0.05) is 18.2 Å². The van der Waals surface area contributed by atoms with Crippen molar-refractivity contribution in [2.45, 2.75) is 13.0 Å². The first-order valence-corrected chi connectivity index (χ1v) is 4.81. The van der Waals surface area contributed by atoms with Gasteiger partial charge in [0.05, 0.1) is 0 Å². The smallest absolute Gasteiger partial charge is 0.320 e. The summed E-state index contributed by atoms with van der Waals surface area (Å²) >= 11 is 2.28. The summed E-state index contributed by atoms with van der Waals surface area (Å²) in [4.78, 5) is 9.57. The molecule has 0 saturated carbocycles. The summed E-state index contributed by atoms with van der Waals surface area (Å²) in [7, 11) is 0. The molecule has 0 aliphatic carbocycles. The summed E-state index contributed by atoms with van der Waals surface area (Å²) in [6, 6.07) is 9.48. The second-order valence-corrected chi connectivity index (χ2v) is 3.67. The minimum Gasteiger partial charge on any atom is -0.480 e. The van der Waals surface area contributed by atoms with Crippen molar-refractivity contribution in [1.82, 2.24) is 0 Å². The lowest BCUT2D eigenvalue weighted by Crippen LogP contribution is -2.25. The number of hydrogen-bond donors (Lipinski definition) is 2. The number of halogens is 1. The minimum absolute atomic E-state index is 0.731. The van der Waals surface area contributed by atoms with Crippen molar-refractivity contribution in [2.75, 3.05) is 0 Å². The first kappa shape index (κ1) is 12.4. The quantitative estimate of drug-likeness (QED) is 0.775. The Morgan fingerprint density at radius 1 is 1.46 bits per heavy atom. The van der Waals surface area contributed by atoms with Gasteiger partial charge in [-0.05, 0) is 41.6 Å². The van der Waals surface area contributed by atoms with E-state index in [1.807, 2.05) is 18.2 Å². The molecule has 1 aromatic rings. The van der Waals surface area contributed by atoms with Gasteiger partial charge in [-0.25, -0.2) is 0 Å². The fourth-order valence-electron chi connectivity index (χ4n) is 0.415. The van der Waals surface area contributed by atoms with Crippen LogP contribution in [0.3, 0.4) is 0 Å². The molecule has 0 radical (unpaired) electrons. The average Bonchev–Trinajstić information content (AvgIpc) is 2.06. The maximum absolute atomic E-state index is 9.57. The maximum Gasteiger partial charge on any atom is 0.320 e. The number of aliphatic carboxylic acids is 1. The first-order chi connectivity index (χ1) is 6.04. The van der Waals surface area contributed by atoms with Crippen molar-refractivity contribution < 1.29 is 9.90 Å². The monoisotopic (exact) mass is 293 g/mol. The summed E-state index contributed by atoms with van der Waals surface area (Å²) in [6.45, 7) is 1.42. The van der Waals surface area contributed by atoms with Crippen LogP contribution in [0.15, 0.2) is 30.3 Å². The fraction of sp³-hybridized carbons (Fsp3) is 0.222. The lowest BCUT2D eigenvalue weighted by molar-refractivity contribution is -0.138. The summed E-state index contributed by atoms with van der Waals surface area (Å²) in [5.41, 5.74) is 4.84. The van der Waals surface area contributed by atoms with Crippen LogP contribution in [-0.2, 0) is 4.79 Å². The normalized spacial score (nSPS) is 11.0. The zero-order chi connectivity index (χ0) is 10.3. The lowest BCUT2D eigenvalue weighted by atomic mass is 10.4. The molecule has 0 fully saturated rings. The van der Waals surface area contributed by atoms with Gasteiger partial charge in [0.25, 0.3) is 0 Å². The van der Waals surface area contributed by atoms with Gasteiger partial charge in [-0.15, -0.1) is 0 Å². The van der Waals surface area contributed by atoms with Crippen molar-refractivity contribution in [2.24, 2.45) is 5.73 Å². The number of benzene rings is 1. The highest BCUT2D eigenvalue weighted by molar-refractivity contribution is 14.1. The maximum atomic E-state index is 9.57. The van der Waals surface area contributed by atoms with E-state index in [2.05, 4.69) is 34.7 Å². The van der Waals surface area contributed by atoms with Gasteiger partial charge in [0.1, 0.15) is 6.04 Å². The standard InChI is InChI=1S/C6H5I.C3H7NO2/c7-6-4-2-1-3-5-6;1-2(4)3(5)6/h1-5H;2H,4H2,1H3,(H,5,6). The van der Waals surface area contributed by atoms with Crippen molar-refractivity contribution in [3.63, 3.8) is 0 Å². The highest BCUT2D eigenvalue weighted by atomic mass is 127. The van der Waals surface area contributed by atoms with E-state index in [-0.39, 0.29) is 0 Å². The zero-order valence-electron chi connectivity index (χ0n) is 7.27. The number of carboxylic acids is 1. The second-order valence-electron chi connectivity index (χ2n) is 2.42. The molecule has 1 atom stereocenters. The van der Waals surface area contributed by atoms with Crippen molar-refractivity contribution >= 4 is 28.6 Å². The van der Waals surface area contributed by atoms with E-state index < -0.39 is 12.0 Å². The Hall–Kier alpha value is -0.620. The van der Waals surface area contributed by atoms with Crippen molar-refractivity contribution in [1.29, 1.82) is 0 Å². The molecule has 0 aliphatic heterocycles. The molecule has 0 amide bonds. The van der Waals surface area contributed by atoms with Crippen molar-refractivity contribution in [3.05, 3.63) is 33.9 Å². The van der Waals surface area contributed by atoms with E-state index in [0.29, 0.717) is 0 Å². The largest absolute Gasteiger partial charge is 0.480 e. The first-order valence-electron chi connectivity index (χ1n) is 3.73. The third kappa shape index (κ3) is 7.73. The van der Waals surface area contributed by atoms with E-state index in [1.165, 1.54) is 10.5 Å². The molecule has 0 saturated heterocycles. The molecule has 0 spiro atoms. The van der Waals surface area contributed by atoms with Gasteiger partial charge in [0, 0.05) is 3.57 Å². The predicted octanol–water partition coefficient (Wildman–Crippen LogP) is 1.71. The molecule has 1 aromatic carbocycles. The third-order valence-corrected chi connectivity index (χ3v) is 1.84. The Labute approximate surface area is 91.1 Å². The Bertz CT molecular complexity index is 249. The molecule has 3 N–H and O–H groups in total. The topological polar surface area (TPSA) is 63.3 Å². The van der Waals surface area contributed by atoms with E-state index in [4.69, 9.17) is 10.8 Å². The van der Waals surface area contributed by atoms with E-state index in [1.54, 1.807) is 0 Å². The van der Waals surface area contributed by atoms with Gasteiger partial charge < -0.3 is 10.8 Å². The lowest BCUT2D eigenvalue weighted by Gasteiger charge is -1.90.